The molecule has 1 N–H and O–H groups in total. The van der Waals surface area contributed by atoms with Gasteiger partial charge in [-0.25, -0.2) is 0 Å². The first-order valence-electron chi connectivity index (χ1n) is 6.30. The maximum atomic E-state index is 10.5. The second kappa shape index (κ2) is 7.63. The van der Waals surface area contributed by atoms with Crippen LogP contribution < -0.4 is 0 Å². The average Bonchev–Trinajstić information content (AvgIpc) is 2.34. The van der Waals surface area contributed by atoms with Crippen LogP contribution in [-0.2, 0) is 9.53 Å². The van der Waals surface area contributed by atoms with Crippen molar-refractivity contribution in [1.29, 1.82) is 0 Å². The molecule has 5 heteroatoms. The predicted octanol–water partition coefficient (Wildman–Crippen LogP) is 0.504. The zero-order valence-electron chi connectivity index (χ0n) is 10.9. The molecule has 1 aliphatic rings. The summed E-state index contributed by atoms with van der Waals surface area (Å²) in [6.07, 6.45) is 1.31. The summed E-state index contributed by atoms with van der Waals surface area (Å²) in [6.45, 7) is 7.73. The van der Waals surface area contributed by atoms with Crippen LogP contribution in [0.2, 0.25) is 0 Å². The SMILES string of the molecule is COCCC(C)N1CCN(CCC(=O)O)CC1. The second-order valence-electron chi connectivity index (χ2n) is 4.65. The molecule has 0 spiro atoms. The van der Waals surface area contributed by atoms with Gasteiger partial charge in [0.25, 0.3) is 0 Å². The van der Waals surface area contributed by atoms with E-state index in [1.165, 1.54) is 0 Å². The molecule has 1 fully saturated rings. The highest BCUT2D eigenvalue weighted by atomic mass is 16.5. The Morgan fingerprint density at radius 1 is 1.35 bits per heavy atom. The maximum Gasteiger partial charge on any atom is 0.304 e. The number of nitrogens with zero attached hydrogens (tertiary/aromatic N) is 2. The van der Waals surface area contributed by atoms with Gasteiger partial charge in [-0.2, -0.15) is 0 Å². The Morgan fingerprint density at radius 3 is 2.53 bits per heavy atom. The minimum absolute atomic E-state index is 0.249. The standard InChI is InChI=1S/C12H24N2O3/c1-11(4-10-17-2)14-8-6-13(7-9-14)5-3-12(15)16/h11H,3-10H2,1-2H3,(H,15,16). The maximum absolute atomic E-state index is 10.5. The van der Waals surface area contributed by atoms with Gasteiger partial charge in [0.05, 0.1) is 6.42 Å². The number of carboxylic acid groups (broad SMARTS) is 1. The first-order valence-corrected chi connectivity index (χ1v) is 6.30. The lowest BCUT2D eigenvalue weighted by atomic mass is 10.2. The Kier molecular flexibility index (Phi) is 6.47. The van der Waals surface area contributed by atoms with Crippen molar-refractivity contribution in [3.05, 3.63) is 0 Å². The van der Waals surface area contributed by atoms with Crippen LogP contribution in [0.3, 0.4) is 0 Å². The molecule has 0 bridgehead atoms. The number of hydrogen-bond donors (Lipinski definition) is 1. The zero-order chi connectivity index (χ0) is 12.7. The smallest absolute Gasteiger partial charge is 0.304 e. The summed E-state index contributed by atoms with van der Waals surface area (Å²) in [5, 5.41) is 8.63. The first kappa shape index (κ1) is 14.4. The number of methoxy groups -OCH3 is 1. The van der Waals surface area contributed by atoms with Crippen molar-refractivity contribution in [1.82, 2.24) is 9.80 Å². The highest BCUT2D eigenvalue weighted by Gasteiger charge is 2.20. The fraction of sp³-hybridized carbons (Fsp3) is 0.917. The molecule has 1 saturated heterocycles. The van der Waals surface area contributed by atoms with Crippen molar-refractivity contribution >= 4 is 5.97 Å². The predicted molar refractivity (Wildman–Crippen MR) is 66.2 cm³/mol. The molecule has 0 saturated carbocycles. The van der Waals surface area contributed by atoms with Gasteiger partial charge in [-0.05, 0) is 13.3 Å². The van der Waals surface area contributed by atoms with Gasteiger partial charge >= 0.3 is 5.97 Å². The fourth-order valence-electron chi connectivity index (χ4n) is 2.15. The van der Waals surface area contributed by atoms with Gasteiger partial charge in [0, 0.05) is 52.5 Å². The number of aliphatic carboxylic acids is 1. The first-order chi connectivity index (χ1) is 8.13. The van der Waals surface area contributed by atoms with Crippen molar-refractivity contribution < 1.29 is 14.6 Å². The Bertz CT molecular complexity index is 228. The van der Waals surface area contributed by atoms with Crippen LogP contribution in [0, 0.1) is 0 Å². The van der Waals surface area contributed by atoms with E-state index < -0.39 is 5.97 Å². The minimum Gasteiger partial charge on any atom is -0.481 e. The summed E-state index contributed by atoms with van der Waals surface area (Å²) in [5.74, 6) is -0.708. The monoisotopic (exact) mass is 244 g/mol. The molecule has 0 aromatic carbocycles. The molecule has 0 radical (unpaired) electrons. The lowest BCUT2D eigenvalue weighted by Crippen LogP contribution is -2.50. The number of ether oxygens (including phenoxy) is 1. The lowest BCUT2D eigenvalue weighted by Gasteiger charge is -2.37. The van der Waals surface area contributed by atoms with Gasteiger partial charge in [0.1, 0.15) is 0 Å². The number of rotatable bonds is 7. The lowest BCUT2D eigenvalue weighted by molar-refractivity contribution is -0.137. The molecular weight excluding hydrogens is 220 g/mol. The summed E-state index contributed by atoms with van der Waals surface area (Å²) in [6, 6.07) is 0.552. The number of piperazine rings is 1. The van der Waals surface area contributed by atoms with E-state index in [4.69, 9.17) is 9.84 Å². The van der Waals surface area contributed by atoms with Gasteiger partial charge in [-0.1, -0.05) is 0 Å². The molecule has 0 aliphatic carbocycles. The largest absolute Gasteiger partial charge is 0.481 e. The molecule has 1 unspecified atom stereocenters. The van der Waals surface area contributed by atoms with Gasteiger partial charge < -0.3 is 14.7 Å². The third kappa shape index (κ3) is 5.48. The van der Waals surface area contributed by atoms with Crippen molar-refractivity contribution in [2.24, 2.45) is 0 Å². The molecule has 5 nitrogen and oxygen atoms in total. The average molecular weight is 244 g/mol. The van der Waals surface area contributed by atoms with Crippen LogP contribution in [0.15, 0.2) is 0 Å². The minimum atomic E-state index is -0.708. The fourth-order valence-corrected chi connectivity index (χ4v) is 2.15. The van der Waals surface area contributed by atoms with Crippen LogP contribution in [0.1, 0.15) is 19.8 Å². The van der Waals surface area contributed by atoms with Gasteiger partial charge in [0.2, 0.25) is 0 Å². The summed E-state index contributed by atoms with van der Waals surface area (Å²) >= 11 is 0. The molecule has 17 heavy (non-hydrogen) atoms. The van der Waals surface area contributed by atoms with E-state index >= 15 is 0 Å². The Labute approximate surface area is 103 Å². The van der Waals surface area contributed by atoms with E-state index in [-0.39, 0.29) is 6.42 Å². The van der Waals surface area contributed by atoms with Crippen LogP contribution in [0.5, 0.6) is 0 Å². The van der Waals surface area contributed by atoms with Crippen molar-refractivity contribution in [2.75, 3.05) is 46.4 Å². The molecule has 1 heterocycles. The molecule has 0 aromatic heterocycles. The van der Waals surface area contributed by atoms with E-state index in [0.29, 0.717) is 12.6 Å². The van der Waals surface area contributed by atoms with E-state index in [1.807, 2.05) is 0 Å². The number of hydrogen-bond acceptors (Lipinski definition) is 4. The van der Waals surface area contributed by atoms with Crippen molar-refractivity contribution in [3.63, 3.8) is 0 Å². The molecular formula is C12H24N2O3. The highest BCUT2D eigenvalue weighted by Crippen LogP contribution is 2.09. The summed E-state index contributed by atoms with van der Waals surface area (Å²) < 4.78 is 5.09. The van der Waals surface area contributed by atoms with E-state index in [0.717, 1.165) is 39.2 Å². The Morgan fingerprint density at radius 2 is 2.00 bits per heavy atom. The quantitative estimate of drug-likeness (QED) is 0.707. The van der Waals surface area contributed by atoms with Crippen LogP contribution in [0.25, 0.3) is 0 Å². The number of carbonyl (C=O) groups is 1. The molecule has 0 aromatic rings. The third-order valence-corrected chi connectivity index (χ3v) is 3.41. The van der Waals surface area contributed by atoms with Crippen LogP contribution >= 0.6 is 0 Å². The molecule has 100 valence electrons. The Balaban J connectivity index is 2.18. The molecule has 0 amide bonds. The van der Waals surface area contributed by atoms with E-state index in [9.17, 15) is 4.79 Å². The van der Waals surface area contributed by atoms with E-state index in [2.05, 4.69) is 16.7 Å². The second-order valence-corrected chi connectivity index (χ2v) is 4.65. The van der Waals surface area contributed by atoms with Crippen molar-refractivity contribution in [3.8, 4) is 0 Å². The molecule has 1 rings (SSSR count). The van der Waals surface area contributed by atoms with Gasteiger partial charge in [-0.3, -0.25) is 9.69 Å². The summed E-state index contributed by atoms with van der Waals surface area (Å²) in [4.78, 5) is 15.2. The summed E-state index contributed by atoms with van der Waals surface area (Å²) in [5.41, 5.74) is 0. The summed E-state index contributed by atoms with van der Waals surface area (Å²) in [7, 11) is 1.73. The highest BCUT2D eigenvalue weighted by molar-refractivity contribution is 5.66. The Hall–Kier alpha value is -0.650. The molecule has 1 atom stereocenters. The van der Waals surface area contributed by atoms with Crippen LogP contribution in [-0.4, -0.2) is 73.4 Å². The van der Waals surface area contributed by atoms with E-state index in [1.54, 1.807) is 7.11 Å². The van der Waals surface area contributed by atoms with Gasteiger partial charge in [0.15, 0.2) is 0 Å². The van der Waals surface area contributed by atoms with Gasteiger partial charge in [-0.15, -0.1) is 0 Å². The van der Waals surface area contributed by atoms with Crippen molar-refractivity contribution in [2.45, 2.75) is 25.8 Å². The zero-order valence-corrected chi connectivity index (χ0v) is 10.9. The topological polar surface area (TPSA) is 53.0 Å². The third-order valence-electron chi connectivity index (χ3n) is 3.41. The normalized spacial score (nSPS) is 20.4. The number of carboxylic acids is 1. The molecule has 1 aliphatic heterocycles. The van der Waals surface area contributed by atoms with Crippen LogP contribution in [0.4, 0.5) is 0 Å².